The zero-order chi connectivity index (χ0) is 27.9. The van der Waals surface area contributed by atoms with E-state index in [0.29, 0.717) is 35.6 Å². The summed E-state index contributed by atoms with van der Waals surface area (Å²) in [4.78, 5) is 26.2. The van der Waals surface area contributed by atoms with Crippen molar-refractivity contribution >= 4 is 11.6 Å². The molecule has 0 radical (unpaired) electrons. The number of carbonyl (C=O) groups excluding carboxylic acids is 1. The van der Waals surface area contributed by atoms with E-state index in [9.17, 15) is 9.18 Å². The molecule has 4 rings (SSSR count). The van der Waals surface area contributed by atoms with E-state index in [0.717, 1.165) is 50.1 Å². The van der Waals surface area contributed by atoms with Crippen LogP contribution in [0, 0.1) is 37.9 Å². The lowest BCUT2D eigenvalue weighted by molar-refractivity contribution is 0.0943. The maximum atomic E-state index is 13.7. The molecule has 2 aromatic heterocycles. The number of hydrogen-bond acceptors (Lipinski definition) is 6. The first kappa shape index (κ1) is 28.2. The summed E-state index contributed by atoms with van der Waals surface area (Å²) in [6.45, 7) is 11.1. The Hall–Kier alpha value is -3.83. The average molecular weight is 529 g/mol. The number of pyridine rings is 2. The molecule has 1 unspecified atom stereocenters. The Morgan fingerprint density at radius 3 is 2.54 bits per heavy atom. The number of amides is 1. The van der Waals surface area contributed by atoms with Gasteiger partial charge in [-0.2, -0.15) is 5.26 Å². The lowest BCUT2D eigenvalue weighted by Crippen LogP contribution is -2.48. The summed E-state index contributed by atoms with van der Waals surface area (Å²) >= 11 is 0. The molecule has 7 nitrogen and oxygen atoms in total. The van der Waals surface area contributed by atoms with E-state index < -0.39 is 0 Å². The van der Waals surface area contributed by atoms with Gasteiger partial charge in [-0.25, -0.2) is 9.37 Å². The van der Waals surface area contributed by atoms with Gasteiger partial charge in [-0.3, -0.25) is 9.78 Å². The molecule has 1 amide bonds. The molecule has 1 fully saturated rings. The van der Waals surface area contributed by atoms with Crippen molar-refractivity contribution in [2.75, 3.05) is 24.5 Å². The van der Waals surface area contributed by atoms with E-state index in [-0.39, 0.29) is 11.7 Å². The number of piperidine rings is 1. The van der Waals surface area contributed by atoms with Gasteiger partial charge in [0.2, 0.25) is 0 Å². The quantitative estimate of drug-likeness (QED) is 0.416. The van der Waals surface area contributed by atoms with Gasteiger partial charge in [0, 0.05) is 56.3 Å². The lowest BCUT2D eigenvalue weighted by atomic mass is 9.99. The third-order valence-electron chi connectivity index (χ3n) is 7.80. The Bertz CT molecular complexity index is 1300. The maximum Gasteiger partial charge on any atom is 0.253 e. The van der Waals surface area contributed by atoms with Crippen molar-refractivity contribution in [1.82, 2.24) is 20.2 Å². The number of anilines is 1. The Labute approximate surface area is 230 Å². The molecule has 0 aliphatic carbocycles. The van der Waals surface area contributed by atoms with Crippen LogP contribution in [-0.2, 0) is 6.54 Å². The predicted octanol–water partition coefficient (Wildman–Crippen LogP) is 5.09. The van der Waals surface area contributed by atoms with Crippen LogP contribution in [0.3, 0.4) is 0 Å². The number of benzene rings is 1. The molecular weight excluding hydrogens is 491 g/mol. The molecule has 1 atom stereocenters. The molecule has 204 valence electrons. The summed E-state index contributed by atoms with van der Waals surface area (Å²) < 4.78 is 13.7. The van der Waals surface area contributed by atoms with E-state index in [4.69, 9.17) is 5.26 Å². The minimum Gasteiger partial charge on any atom is -0.364 e. The molecule has 0 bridgehead atoms. The van der Waals surface area contributed by atoms with Crippen LogP contribution < -0.4 is 10.2 Å². The highest BCUT2D eigenvalue weighted by Crippen LogP contribution is 2.28. The van der Waals surface area contributed by atoms with Gasteiger partial charge < -0.3 is 15.1 Å². The number of aryl methyl sites for hydroxylation is 3. The minimum absolute atomic E-state index is 0.145. The fourth-order valence-corrected chi connectivity index (χ4v) is 5.45. The third kappa shape index (κ3) is 6.98. The zero-order valence-electron chi connectivity index (χ0n) is 23.2. The molecule has 1 saturated heterocycles. The number of hydrogen-bond donors (Lipinski definition) is 1. The monoisotopic (exact) mass is 528 g/mol. The van der Waals surface area contributed by atoms with E-state index in [1.807, 2.05) is 43.6 Å². The first-order valence-electron chi connectivity index (χ1n) is 13.6. The van der Waals surface area contributed by atoms with Gasteiger partial charge in [-0.05, 0) is 100 Å². The molecule has 0 saturated carbocycles. The average Bonchev–Trinajstić information content (AvgIpc) is 2.93. The minimum atomic E-state index is -0.229. The van der Waals surface area contributed by atoms with Crippen molar-refractivity contribution < 1.29 is 9.18 Å². The first-order valence-corrected chi connectivity index (χ1v) is 13.6. The Kier molecular flexibility index (Phi) is 9.26. The number of aromatic nitrogens is 2. The van der Waals surface area contributed by atoms with Gasteiger partial charge in [0.1, 0.15) is 17.6 Å². The van der Waals surface area contributed by atoms with Gasteiger partial charge in [0.15, 0.2) is 0 Å². The lowest BCUT2D eigenvalue weighted by Gasteiger charge is -2.42. The van der Waals surface area contributed by atoms with Gasteiger partial charge in [-0.1, -0.05) is 0 Å². The van der Waals surface area contributed by atoms with Crippen molar-refractivity contribution in [3.05, 3.63) is 88.3 Å². The molecule has 3 aromatic rings. The SMILES string of the molecule is Cc1ccncc1CN(c1ccc(F)cc1)C1CCN(C(C)CCNC(=O)c2c(C)cc(C#N)nc2C)CC1. The summed E-state index contributed by atoms with van der Waals surface area (Å²) in [6, 6.07) is 13.2. The highest BCUT2D eigenvalue weighted by atomic mass is 19.1. The van der Waals surface area contributed by atoms with E-state index in [1.54, 1.807) is 13.0 Å². The van der Waals surface area contributed by atoms with Gasteiger partial charge in [0.05, 0.1) is 11.3 Å². The van der Waals surface area contributed by atoms with Crippen LogP contribution in [-0.4, -0.2) is 52.5 Å². The zero-order valence-corrected chi connectivity index (χ0v) is 23.2. The summed E-state index contributed by atoms with van der Waals surface area (Å²) in [5.74, 6) is -0.374. The number of rotatable bonds is 9. The fraction of sp³-hybridized carbons (Fsp3) is 0.419. The molecule has 39 heavy (non-hydrogen) atoms. The highest BCUT2D eigenvalue weighted by Gasteiger charge is 2.28. The second kappa shape index (κ2) is 12.8. The van der Waals surface area contributed by atoms with Crippen molar-refractivity contribution in [2.45, 2.75) is 65.6 Å². The first-order chi connectivity index (χ1) is 18.8. The van der Waals surface area contributed by atoms with Crippen molar-refractivity contribution in [2.24, 2.45) is 0 Å². The molecule has 1 aliphatic rings. The Morgan fingerprint density at radius 2 is 1.90 bits per heavy atom. The van der Waals surface area contributed by atoms with Crippen molar-refractivity contribution in [3.63, 3.8) is 0 Å². The summed E-state index contributed by atoms with van der Waals surface area (Å²) in [5, 5.41) is 12.1. The predicted molar refractivity (Wildman–Crippen MR) is 151 cm³/mol. The van der Waals surface area contributed by atoms with E-state index in [1.165, 1.54) is 23.3 Å². The van der Waals surface area contributed by atoms with Crippen LogP contribution in [0.5, 0.6) is 0 Å². The number of likely N-dealkylation sites (tertiary alicyclic amines) is 1. The Balaban J connectivity index is 1.33. The van der Waals surface area contributed by atoms with Crippen LogP contribution in [0.2, 0.25) is 0 Å². The number of carbonyl (C=O) groups is 1. The normalized spacial score (nSPS) is 15.0. The maximum absolute atomic E-state index is 13.7. The molecule has 1 aromatic carbocycles. The largest absolute Gasteiger partial charge is 0.364 e. The molecule has 1 aliphatic heterocycles. The third-order valence-corrected chi connectivity index (χ3v) is 7.80. The summed E-state index contributed by atoms with van der Waals surface area (Å²) in [7, 11) is 0. The van der Waals surface area contributed by atoms with Crippen LogP contribution in [0.1, 0.15) is 64.6 Å². The summed E-state index contributed by atoms with van der Waals surface area (Å²) in [6.07, 6.45) is 6.58. The topological polar surface area (TPSA) is 85.2 Å². The molecule has 0 spiro atoms. The second-order valence-electron chi connectivity index (χ2n) is 10.5. The van der Waals surface area contributed by atoms with E-state index in [2.05, 4.69) is 38.9 Å². The number of halogens is 1. The molecule has 3 heterocycles. The molecule has 8 heteroatoms. The van der Waals surface area contributed by atoms with Crippen LogP contribution >= 0.6 is 0 Å². The molecular formula is C31H37FN6O. The fourth-order valence-electron chi connectivity index (χ4n) is 5.45. The van der Waals surface area contributed by atoms with Crippen LogP contribution in [0.15, 0.2) is 48.8 Å². The van der Waals surface area contributed by atoms with Crippen LogP contribution in [0.25, 0.3) is 0 Å². The summed E-state index contributed by atoms with van der Waals surface area (Å²) in [5.41, 5.74) is 5.62. The van der Waals surface area contributed by atoms with Crippen LogP contribution in [0.4, 0.5) is 10.1 Å². The van der Waals surface area contributed by atoms with Gasteiger partial charge >= 0.3 is 0 Å². The number of nitrogens with zero attached hydrogens (tertiary/aromatic N) is 5. The van der Waals surface area contributed by atoms with Gasteiger partial charge in [0.25, 0.3) is 5.91 Å². The van der Waals surface area contributed by atoms with Crippen molar-refractivity contribution in [3.8, 4) is 6.07 Å². The molecule has 1 N–H and O–H groups in total. The highest BCUT2D eigenvalue weighted by molar-refractivity contribution is 5.96. The second-order valence-corrected chi connectivity index (χ2v) is 10.5. The van der Waals surface area contributed by atoms with Gasteiger partial charge in [-0.15, -0.1) is 0 Å². The van der Waals surface area contributed by atoms with E-state index >= 15 is 0 Å². The standard InChI is InChI=1S/C31H37FN6O/c1-21-9-13-34-19-25(21)20-38(28-7-5-26(32)6-8-28)29-11-15-37(16-12-29)23(3)10-14-35-31(39)30-22(2)17-27(18-33)36-24(30)4/h5-9,13,17,19,23,29H,10-12,14-16,20H2,1-4H3,(H,35,39). The smallest absolute Gasteiger partial charge is 0.253 e. The number of nitriles is 1. The Morgan fingerprint density at radius 1 is 1.18 bits per heavy atom. The van der Waals surface area contributed by atoms with Crippen molar-refractivity contribution in [1.29, 1.82) is 5.26 Å². The number of nitrogens with one attached hydrogen (secondary N) is 1.